The van der Waals surface area contributed by atoms with Crippen LogP contribution in [0.4, 0.5) is 11.4 Å². The van der Waals surface area contributed by atoms with Gasteiger partial charge in [0.1, 0.15) is 5.69 Å². The van der Waals surface area contributed by atoms with E-state index in [0.717, 1.165) is 4.88 Å². The van der Waals surface area contributed by atoms with Crippen molar-refractivity contribution in [3.63, 3.8) is 0 Å². The quantitative estimate of drug-likeness (QED) is 0.657. The second-order valence-electron chi connectivity index (χ2n) is 4.43. The molecule has 0 aliphatic rings. The number of carbonyl (C=O) groups is 1. The van der Waals surface area contributed by atoms with Gasteiger partial charge in [0.15, 0.2) is 0 Å². The Morgan fingerprint density at radius 3 is 2.67 bits per heavy atom. The maximum atomic E-state index is 12.1. The fourth-order valence-corrected chi connectivity index (χ4v) is 2.72. The second-order valence-corrected chi connectivity index (χ2v) is 5.81. The van der Waals surface area contributed by atoms with Gasteiger partial charge in [0, 0.05) is 28.4 Å². The van der Waals surface area contributed by atoms with Crippen molar-refractivity contribution >= 4 is 28.6 Å². The molecule has 1 amide bonds. The van der Waals surface area contributed by atoms with E-state index in [1.54, 1.807) is 18.4 Å². The van der Waals surface area contributed by atoms with Crippen LogP contribution in [0.25, 0.3) is 0 Å². The maximum absolute atomic E-state index is 12.1. The summed E-state index contributed by atoms with van der Waals surface area (Å²) >= 11 is 1.62. The molecule has 110 valence electrons. The number of nitro groups is 1. The lowest BCUT2D eigenvalue weighted by Gasteiger charge is -2.07. The number of amides is 1. The first-order chi connectivity index (χ1) is 10.0. The van der Waals surface area contributed by atoms with E-state index in [1.807, 2.05) is 19.1 Å². The van der Waals surface area contributed by atoms with Crippen LogP contribution in [0.5, 0.6) is 0 Å². The van der Waals surface area contributed by atoms with Crippen molar-refractivity contribution in [3.05, 3.63) is 55.8 Å². The third-order valence-corrected chi connectivity index (χ3v) is 3.94. The molecule has 1 heterocycles. The highest BCUT2D eigenvalue weighted by Gasteiger charge is 2.15. The molecule has 0 spiro atoms. The van der Waals surface area contributed by atoms with Crippen LogP contribution in [-0.4, -0.2) is 17.9 Å². The zero-order chi connectivity index (χ0) is 15.4. The predicted octanol–water partition coefficient (Wildman–Crippen LogP) is 2.94. The lowest BCUT2D eigenvalue weighted by atomic mass is 10.1. The maximum Gasteiger partial charge on any atom is 0.292 e. The Balaban J connectivity index is 2.10. The number of anilines is 1. The summed E-state index contributed by atoms with van der Waals surface area (Å²) in [5.74, 6) is -0.257. The van der Waals surface area contributed by atoms with Crippen LogP contribution in [0.2, 0.25) is 0 Å². The molecule has 0 aliphatic carbocycles. The lowest BCUT2D eigenvalue weighted by molar-refractivity contribution is -0.383. The molecule has 21 heavy (non-hydrogen) atoms. The molecule has 2 aromatic rings. The van der Waals surface area contributed by atoms with E-state index in [4.69, 9.17) is 0 Å². The van der Waals surface area contributed by atoms with Gasteiger partial charge in [-0.1, -0.05) is 0 Å². The second kappa shape index (κ2) is 6.36. The zero-order valence-corrected chi connectivity index (χ0v) is 12.5. The van der Waals surface area contributed by atoms with Gasteiger partial charge < -0.3 is 10.6 Å². The summed E-state index contributed by atoms with van der Waals surface area (Å²) < 4.78 is 0. The first-order valence-electron chi connectivity index (χ1n) is 6.31. The van der Waals surface area contributed by atoms with Crippen molar-refractivity contribution in [2.75, 3.05) is 12.4 Å². The number of nitrogens with zero attached hydrogens (tertiary/aromatic N) is 1. The molecule has 2 N–H and O–H groups in total. The van der Waals surface area contributed by atoms with Gasteiger partial charge in [-0.3, -0.25) is 14.9 Å². The van der Waals surface area contributed by atoms with Crippen LogP contribution in [-0.2, 0) is 6.54 Å². The minimum atomic E-state index is -0.484. The molecule has 1 aromatic carbocycles. The van der Waals surface area contributed by atoms with Gasteiger partial charge in [-0.25, -0.2) is 0 Å². The Morgan fingerprint density at radius 2 is 2.10 bits per heavy atom. The van der Waals surface area contributed by atoms with Crippen molar-refractivity contribution in [2.24, 2.45) is 0 Å². The van der Waals surface area contributed by atoms with Gasteiger partial charge in [-0.05, 0) is 31.2 Å². The number of rotatable bonds is 5. The topological polar surface area (TPSA) is 84.3 Å². The van der Waals surface area contributed by atoms with Gasteiger partial charge in [0.25, 0.3) is 11.6 Å². The monoisotopic (exact) mass is 305 g/mol. The number of carbonyl (C=O) groups excluding carboxylic acids is 1. The Hall–Kier alpha value is -2.41. The molecule has 2 rings (SSSR count). The van der Waals surface area contributed by atoms with Crippen LogP contribution in [0.15, 0.2) is 30.3 Å². The Bertz CT molecular complexity index is 682. The highest BCUT2D eigenvalue weighted by molar-refractivity contribution is 7.11. The first-order valence-corrected chi connectivity index (χ1v) is 7.12. The number of thiophene rings is 1. The minimum absolute atomic E-state index is 0.0528. The molecular formula is C14H15N3O3S. The van der Waals surface area contributed by atoms with E-state index in [1.165, 1.54) is 23.1 Å². The van der Waals surface area contributed by atoms with E-state index in [2.05, 4.69) is 10.6 Å². The highest BCUT2D eigenvalue weighted by atomic mass is 32.1. The first kappa shape index (κ1) is 15.0. The van der Waals surface area contributed by atoms with Gasteiger partial charge in [0.2, 0.25) is 0 Å². The van der Waals surface area contributed by atoms with Crippen molar-refractivity contribution in [3.8, 4) is 0 Å². The fraction of sp³-hybridized carbons (Fsp3) is 0.214. The SMILES string of the molecule is CNc1cc(C(=O)NCc2ccc(C)s2)ccc1[N+](=O)[O-]. The van der Waals surface area contributed by atoms with E-state index in [9.17, 15) is 14.9 Å². The average molecular weight is 305 g/mol. The third kappa shape index (κ3) is 3.57. The van der Waals surface area contributed by atoms with Crippen molar-refractivity contribution in [2.45, 2.75) is 13.5 Å². The number of hydrogen-bond acceptors (Lipinski definition) is 5. The summed E-state index contributed by atoms with van der Waals surface area (Å²) in [6.45, 7) is 2.45. The molecule has 0 aliphatic heterocycles. The molecule has 0 unspecified atom stereocenters. The molecule has 7 heteroatoms. The zero-order valence-electron chi connectivity index (χ0n) is 11.7. The van der Waals surface area contributed by atoms with Gasteiger partial charge in [0.05, 0.1) is 11.5 Å². The summed E-state index contributed by atoms with van der Waals surface area (Å²) in [6, 6.07) is 8.23. The summed E-state index contributed by atoms with van der Waals surface area (Å²) in [4.78, 5) is 24.7. The molecular weight excluding hydrogens is 290 g/mol. The number of benzene rings is 1. The average Bonchev–Trinajstić information content (AvgIpc) is 2.89. The predicted molar refractivity (Wildman–Crippen MR) is 82.9 cm³/mol. The van der Waals surface area contributed by atoms with E-state index in [-0.39, 0.29) is 11.6 Å². The minimum Gasteiger partial charge on any atom is -0.383 e. The number of nitrogens with one attached hydrogen (secondary N) is 2. The number of aryl methyl sites for hydroxylation is 1. The highest BCUT2D eigenvalue weighted by Crippen LogP contribution is 2.25. The molecule has 1 aromatic heterocycles. The van der Waals surface area contributed by atoms with Crippen LogP contribution < -0.4 is 10.6 Å². The van der Waals surface area contributed by atoms with Crippen molar-refractivity contribution in [1.82, 2.24) is 5.32 Å². The number of nitro benzene ring substituents is 1. The van der Waals surface area contributed by atoms with Gasteiger partial charge in [-0.15, -0.1) is 11.3 Å². The Labute approximate surface area is 126 Å². The Kier molecular flexibility index (Phi) is 4.54. The standard InChI is InChI=1S/C14H15N3O3S/c1-9-3-5-11(21-9)8-16-14(18)10-4-6-13(17(19)20)12(7-10)15-2/h3-7,15H,8H2,1-2H3,(H,16,18). The van der Waals surface area contributed by atoms with Crippen LogP contribution in [0, 0.1) is 17.0 Å². The van der Waals surface area contributed by atoms with E-state index < -0.39 is 4.92 Å². The molecule has 0 saturated carbocycles. The van der Waals surface area contributed by atoms with Gasteiger partial charge >= 0.3 is 0 Å². The summed E-state index contributed by atoms with van der Waals surface area (Å²) in [7, 11) is 1.58. The molecule has 0 radical (unpaired) electrons. The van der Waals surface area contributed by atoms with Crippen LogP contribution in [0.1, 0.15) is 20.1 Å². The fourth-order valence-electron chi connectivity index (χ4n) is 1.89. The lowest BCUT2D eigenvalue weighted by Crippen LogP contribution is -2.22. The molecule has 0 saturated heterocycles. The normalized spacial score (nSPS) is 10.2. The van der Waals surface area contributed by atoms with Crippen molar-refractivity contribution < 1.29 is 9.72 Å². The Morgan fingerprint density at radius 1 is 1.33 bits per heavy atom. The summed E-state index contributed by atoms with van der Waals surface area (Å²) in [5, 5.41) is 16.4. The van der Waals surface area contributed by atoms with E-state index in [0.29, 0.717) is 17.8 Å². The van der Waals surface area contributed by atoms with Crippen molar-refractivity contribution in [1.29, 1.82) is 0 Å². The summed E-state index contributed by atoms with van der Waals surface area (Å²) in [5.41, 5.74) is 0.653. The van der Waals surface area contributed by atoms with Crippen LogP contribution >= 0.6 is 11.3 Å². The molecule has 0 fully saturated rings. The third-order valence-electron chi connectivity index (χ3n) is 2.94. The van der Waals surface area contributed by atoms with Crippen LogP contribution in [0.3, 0.4) is 0 Å². The summed E-state index contributed by atoms with van der Waals surface area (Å²) in [6.07, 6.45) is 0. The molecule has 6 nitrogen and oxygen atoms in total. The molecule has 0 atom stereocenters. The number of hydrogen-bond donors (Lipinski definition) is 2. The van der Waals surface area contributed by atoms with E-state index >= 15 is 0 Å². The largest absolute Gasteiger partial charge is 0.383 e. The molecule has 0 bridgehead atoms. The van der Waals surface area contributed by atoms with Gasteiger partial charge in [-0.2, -0.15) is 0 Å². The smallest absolute Gasteiger partial charge is 0.292 e.